The second-order valence-electron chi connectivity index (χ2n) is 7.26. The normalized spacial score (nSPS) is 16.0. The highest BCUT2D eigenvalue weighted by Crippen LogP contribution is 2.38. The second kappa shape index (κ2) is 9.08. The predicted molar refractivity (Wildman–Crippen MR) is 134 cm³/mol. The number of para-hydroxylation sites is 1. The van der Waals surface area contributed by atoms with Crippen LogP contribution in [0.25, 0.3) is 17.4 Å². The SMILES string of the molecule is Cc1csc(/N=C2/S/C(=C/c3ccc(-c4ccc([N+](=O)[O-])cc4)o3)C(=O)N2c2ccccc2)n1. The molecule has 1 fully saturated rings. The van der Waals surface area contributed by atoms with Gasteiger partial charge < -0.3 is 4.42 Å². The molecule has 0 spiro atoms. The van der Waals surface area contributed by atoms with Gasteiger partial charge in [-0.1, -0.05) is 18.2 Å². The minimum Gasteiger partial charge on any atom is -0.457 e. The lowest BCUT2D eigenvalue weighted by atomic mass is 10.1. The molecule has 2 aromatic heterocycles. The van der Waals surface area contributed by atoms with Crippen LogP contribution in [0.3, 0.4) is 0 Å². The van der Waals surface area contributed by atoms with E-state index in [4.69, 9.17) is 4.42 Å². The number of amides is 1. The van der Waals surface area contributed by atoms with E-state index in [2.05, 4.69) is 9.98 Å². The van der Waals surface area contributed by atoms with E-state index in [1.165, 1.54) is 35.2 Å². The molecule has 1 saturated heterocycles. The van der Waals surface area contributed by atoms with Crippen molar-refractivity contribution in [1.82, 2.24) is 4.98 Å². The van der Waals surface area contributed by atoms with Gasteiger partial charge in [0.15, 0.2) is 5.17 Å². The Labute approximate surface area is 202 Å². The van der Waals surface area contributed by atoms with E-state index in [1.54, 1.807) is 35.2 Å². The van der Waals surface area contributed by atoms with Gasteiger partial charge in [0.1, 0.15) is 11.5 Å². The van der Waals surface area contributed by atoms with Gasteiger partial charge in [-0.3, -0.25) is 19.8 Å². The first kappa shape index (κ1) is 21.8. The van der Waals surface area contributed by atoms with Crippen LogP contribution < -0.4 is 4.90 Å². The number of aliphatic imine (C=N–C) groups is 1. The first-order chi connectivity index (χ1) is 16.5. The molecule has 0 aliphatic carbocycles. The largest absolute Gasteiger partial charge is 0.457 e. The van der Waals surface area contributed by atoms with Crippen molar-refractivity contribution in [3.8, 4) is 11.3 Å². The van der Waals surface area contributed by atoms with Crippen LogP contribution in [0.1, 0.15) is 11.5 Å². The Bertz CT molecular complexity index is 1440. The van der Waals surface area contributed by atoms with Gasteiger partial charge in [-0.05, 0) is 55.1 Å². The molecule has 8 nitrogen and oxygen atoms in total. The number of non-ortho nitro benzene ring substituents is 1. The number of amidine groups is 1. The quantitative estimate of drug-likeness (QED) is 0.182. The van der Waals surface area contributed by atoms with Crippen molar-refractivity contribution in [3.05, 3.63) is 98.6 Å². The number of nitrogens with zero attached hydrogens (tertiary/aromatic N) is 4. The summed E-state index contributed by atoms with van der Waals surface area (Å²) in [5.74, 6) is 0.823. The maximum Gasteiger partial charge on any atom is 0.271 e. The van der Waals surface area contributed by atoms with Gasteiger partial charge in [0.25, 0.3) is 11.6 Å². The van der Waals surface area contributed by atoms with Crippen molar-refractivity contribution in [2.45, 2.75) is 6.92 Å². The summed E-state index contributed by atoms with van der Waals surface area (Å²) < 4.78 is 5.90. The average Bonchev–Trinajstić information content (AvgIpc) is 3.55. The maximum atomic E-state index is 13.3. The van der Waals surface area contributed by atoms with Gasteiger partial charge in [0.05, 0.1) is 21.2 Å². The lowest BCUT2D eigenvalue weighted by molar-refractivity contribution is -0.384. The van der Waals surface area contributed by atoms with Crippen molar-refractivity contribution >= 4 is 56.8 Å². The molecule has 3 heterocycles. The third kappa shape index (κ3) is 4.41. The zero-order valence-electron chi connectivity index (χ0n) is 17.7. The Kier molecular flexibility index (Phi) is 5.83. The molecule has 0 radical (unpaired) electrons. The maximum absolute atomic E-state index is 13.3. The topological polar surface area (TPSA) is 102 Å². The third-order valence-corrected chi connectivity index (χ3v) is 6.70. The molecule has 0 bridgehead atoms. The molecule has 0 atom stereocenters. The Balaban J connectivity index is 1.47. The highest BCUT2D eigenvalue weighted by molar-refractivity contribution is 8.19. The molecule has 1 aliphatic heterocycles. The molecule has 0 unspecified atom stereocenters. The predicted octanol–water partition coefficient (Wildman–Crippen LogP) is 6.43. The molecule has 0 N–H and O–H groups in total. The lowest BCUT2D eigenvalue weighted by Crippen LogP contribution is -2.28. The highest BCUT2D eigenvalue weighted by atomic mass is 32.2. The molecule has 168 valence electrons. The summed E-state index contributed by atoms with van der Waals surface area (Å²) in [5, 5.41) is 13.9. The number of carbonyl (C=O) groups is 1. The van der Waals surface area contributed by atoms with Crippen molar-refractivity contribution in [3.63, 3.8) is 0 Å². The Hall–Kier alpha value is -4.02. The van der Waals surface area contributed by atoms with Gasteiger partial charge in [0.2, 0.25) is 5.13 Å². The number of rotatable bonds is 5. The summed E-state index contributed by atoms with van der Waals surface area (Å²) >= 11 is 2.66. The third-order valence-electron chi connectivity index (χ3n) is 4.88. The van der Waals surface area contributed by atoms with Crippen LogP contribution in [0, 0.1) is 17.0 Å². The van der Waals surface area contributed by atoms with E-state index in [9.17, 15) is 14.9 Å². The van der Waals surface area contributed by atoms with E-state index < -0.39 is 4.92 Å². The van der Waals surface area contributed by atoms with Gasteiger partial charge in [-0.2, -0.15) is 4.99 Å². The summed E-state index contributed by atoms with van der Waals surface area (Å²) in [6.45, 7) is 1.90. The van der Waals surface area contributed by atoms with E-state index in [0.717, 1.165) is 5.69 Å². The summed E-state index contributed by atoms with van der Waals surface area (Å²) in [6.07, 6.45) is 1.67. The molecule has 1 aliphatic rings. The number of thiazole rings is 1. The smallest absolute Gasteiger partial charge is 0.271 e. The molecule has 4 aromatic rings. The van der Waals surface area contributed by atoms with Crippen molar-refractivity contribution in [1.29, 1.82) is 0 Å². The molecular formula is C24H16N4O4S2. The number of hydrogen-bond donors (Lipinski definition) is 0. The van der Waals surface area contributed by atoms with Crippen LogP contribution in [0.5, 0.6) is 0 Å². The molecule has 5 rings (SSSR count). The van der Waals surface area contributed by atoms with E-state index in [0.29, 0.717) is 38.0 Å². The number of benzene rings is 2. The summed E-state index contributed by atoms with van der Waals surface area (Å²) in [5.41, 5.74) is 2.29. The van der Waals surface area contributed by atoms with Gasteiger partial charge in [-0.25, -0.2) is 4.98 Å². The van der Waals surface area contributed by atoms with Crippen molar-refractivity contribution < 1.29 is 14.1 Å². The van der Waals surface area contributed by atoms with Crippen molar-refractivity contribution in [2.24, 2.45) is 4.99 Å². The number of hydrogen-bond acceptors (Lipinski definition) is 8. The number of nitro benzene ring substituents is 1. The first-order valence-electron chi connectivity index (χ1n) is 10.1. The van der Waals surface area contributed by atoms with Gasteiger partial charge in [-0.15, -0.1) is 11.3 Å². The zero-order chi connectivity index (χ0) is 23.7. The summed E-state index contributed by atoms with van der Waals surface area (Å²) in [7, 11) is 0. The molecule has 10 heteroatoms. The van der Waals surface area contributed by atoms with Crippen LogP contribution in [0.4, 0.5) is 16.5 Å². The Morgan fingerprint density at radius 2 is 1.85 bits per heavy atom. The molecular weight excluding hydrogens is 472 g/mol. The van der Waals surface area contributed by atoms with Gasteiger partial charge in [0, 0.05) is 29.2 Å². The highest BCUT2D eigenvalue weighted by Gasteiger charge is 2.35. The molecule has 0 saturated carbocycles. The Morgan fingerprint density at radius 1 is 1.09 bits per heavy atom. The van der Waals surface area contributed by atoms with Crippen LogP contribution in [0.2, 0.25) is 0 Å². The minimum absolute atomic E-state index is 0.00819. The molecule has 2 aromatic carbocycles. The average molecular weight is 489 g/mol. The van der Waals surface area contributed by atoms with E-state index in [-0.39, 0.29) is 11.6 Å². The van der Waals surface area contributed by atoms with E-state index in [1.807, 2.05) is 42.6 Å². The van der Waals surface area contributed by atoms with Crippen LogP contribution in [-0.4, -0.2) is 21.0 Å². The second-order valence-corrected chi connectivity index (χ2v) is 9.10. The first-order valence-corrected chi connectivity index (χ1v) is 11.8. The Morgan fingerprint density at radius 3 is 2.53 bits per heavy atom. The number of nitro groups is 1. The summed E-state index contributed by atoms with van der Waals surface area (Å²) in [6, 6.07) is 18.9. The fourth-order valence-electron chi connectivity index (χ4n) is 3.29. The zero-order valence-corrected chi connectivity index (χ0v) is 19.4. The van der Waals surface area contributed by atoms with Crippen molar-refractivity contribution in [2.75, 3.05) is 4.90 Å². The standard InChI is InChI=1S/C24H16N4O4S2/c1-15-14-33-23(25-15)26-24-27(17-5-3-2-4-6-17)22(29)21(34-24)13-19-11-12-20(32-19)16-7-9-18(10-8-16)28(30)31/h2-14H,1H3/b21-13+,26-24+. The number of aromatic nitrogens is 1. The number of thioether (sulfide) groups is 1. The van der Waals surface area contributed by atoms with Crippen LogP contribution in [0.15, 0.2) is 86.4 Å². The number of aryl methyl sites for hydroxylation is 1. The van der Waals surface area contributed by atoms with Crippen LogP contribution in [-0.2, 0) is 4.79 Å². The number of anilines is 1. The molecule has 1 amide bonds. The van der Waals surface area contributed by atoms with Crippen LogP contribution >= 0.6 is 23.1 Å². The van der Waals surface area contributed by atoms with Gasteiger partial charge >= 0.3 is 0 Å². The molecule has 34 heavy (non-hydrogen) atoms. The fourth-order valence-corrected chi connectivity index (χ4v) is 4.97. The number of carbonyl (C=O) groups excluding carboxylic acids is 1. The monoisotopic (exact) mass is 488 g/mol. The van der Waals surface area contributed by atoms with E-state index >= 15 is 0 Å². The fraction of sp³-hybridized carbons (Fsp3) is 0.0417. The number of furan rings is 1. The lowest BCUT2D eigenvalue weighted by Gasteiger charge is -2.14. The minimum atomic E-state index is -0.449. The summed E-state index contributed by atoms with van der Waals surface area (Å²) in [4.78, 5) is 34.8.